The van der Waals surface area contributed by atoms with Crippen molar-refractivity contribution in [3.05, 3.63) is 23.8 Å². The Labute approximate surface area is 104 Å². The third-order valence-corrected chi connectivity index (χ3v) is 2.86. The van der Waals surface area contributed by atoms with Gasteiger partial charge in [-0.05, 0) is 24.6 Å². The molecule has 0 radical (unpaired) electrons. The van der Waals surface area contributed by atoms with Gasteiger partial charge in [0.15, 0.2) is 0 Å². The second-order valence-corrected chi connectivity index (χ2v) is 4.21. The zero-order chi connectivity index (χ0) is 13.3. The molecule has 2 N–H and O–H groups in total. The van der Waals surface area contributed by atoms with Crippen LogP contribution in [0, 0.1) is 6.92 Å². The van der Waals surface area contributed by atoms with Gasteiger partial charge in [-0.2, -0.15) is 0 Å². The van der Waals surface area contributed by atoms with E-state index in [1.165, 1.54) is 7.05 Å². The van der Waals surface area contributed by atoms with E-state index in [9.17, 15) is 9.59 Å². The quantitative estimate of drug-likeness (QED) is 0.787. The van der Waals surface area contributed by atoms with Crippen LogP contribution in [0.5, 0.6) is 5.75 Å². The molecule has 0 aromatic heterocycles. The largest absolute Gasteiger partial charge is 0.489 e. The van der Waals surface area contributed by atoms with Crippen molar-refractivity contribution in [2.45, 2.75) is 13.0 Å². The molecule has 96 valence electrons. The fraction of sp³-hybridized carbons (Fsp3) is 0.333. The van der Waals surface area contributed by atoms with E-state index < -0.39 is 12.1 Å². The van der Waals surface area contributed by atoms with Crippen LogP contribution in [0.4, 0.5) is 10.5 Å². The van der Waals surface area contributed by atoms with E-state index in [1.54, 1.807) is 12.1 Å². The van der Waals surface area contributed by atoms with E-state index in [1.807, 2.05) is 13.0 Å². The first-order chi connectivity index (χ1) is 8.49. The highest BCUT2D eigenvalue weighted by molar-refractivity contribution is 5.98. The Morgan fingerprint density at radius 2 is 2.28 bits per heavy atom. The Balaban J connectivity index is 2.26. The molecule has 1 heterocycles. The minimum Gasteiger partial charge on any atom is -0.489 e. The van der Waals surface area contributed by atoms with Crippen molar-refractivity contribution in [1.82, 2.24) is 4.90 Å². The van der Waals surface area contributed by atoms with Crippen LogP contribution in [0.15, 0.2) is 18.2 Å². The van der Waals surface area contributed by atoms with Crippen molar-refractivity contribution >= 4 is 17.7 Å². The summed E-state index contributed by atoms with van der Waals surface area (Å²) in [5.74, 6) is 0.173. The van der Waals surface area contributed by atoms with Gasteiger partial charge < -0.3 is 15.2 Å². The highest BCUT2D eigenvalue weighted by Crippen LogP contribution is 2.28. The maximum absolute atomic E-state index is 11.9. The summed E-state index contributed by atoms with van der Waals surface area (Å²) in [7, 11) is 1.34. The van der Waals surface area contributed by atoms with Gasteiger partial charge in [0.2, 0.25) is 0 Å². The van der Waals surface area contributed by atoms with Crippen molar-refractivity contribution in [1.29, 1.82) is 0 Å². The van der Waals surface area contributed by atoms with Crippen molar-refractivity contribution < 1.29 is 19.4 Å². The minimum atomic E-state index is -1.17. The molecule has 0 saturated heterocycles. The van der Waals surface area contributed by atoms with E-state index in [2.05, 4.69) is 5.32 Å². The first-order valence-electron chi connectivity index (χ1n) is 5.49. The average Bonchev–Trinajstić information content (AvgIpc) is 2.46. The monoisotopic (exact) mass is 250 g/mol. The summed E-state index contributed by atoms with van der Waals surface area (Å²) in [6.45, 7) is 1.92. The van der Waals surface area contributed by atoms with Crippen LogP contribution in [0.1, 0.15) is 5.56 Å². The van der Waals surface area contributed by atoms with Gasteiger partial charge in [-0.3, -0.25) is 9.69 Å². The zero-order valence-electron chi connectivity index (χ0n) is 10.1. The first-order valence-corrected chi connectivity index (χ1v) is 5.49. The van der Waals surface area contributed by atoms with Gasteiger partial charge in [0.25, 0.3) is 5.91 Å². The lowest BCUT2D eigenvalue weighted by molar-refractivity contribution is -0.120. The molecule has 1 atom stereocenters. The number of ether oxygens (including phenoxy) is 1. The number of anilines is 1. The van der Waals surface area contributed by atoms with Gasteiger partial charge in [-0.25, -0.2) is 4.79 Å². The second-order valence-electron chi connectivity index (χ2n) is 4.21. The minimum absolute atomic E-state index is 0.00505. The van der Waals surface area contributed by atoms with E-state index in [0.29, 0.717) is 11.4 Å². The maximum atomic E-state index is 11.9. The normalized spacial score (nSPS) is 18.1. The standard InChI is InChI=1S/C12H14N2O4/c1-7-3-4-8-10(5-7)18-6-9(11(15)13-8)14(2)12(16)17/h3-5,9H,6H2,1-2H3,(H,13,15)(H,16,17)/t9-/m0/s1. The predicted molar refractivity (Wildman–Crippen MR) is 64.9 cm³/mol. The van der Waals surface area contributed by atoms with Crippen LogP contribution < -0.4 is 10.1 Å². The number of benzene rings is 1. The average molecular weight is 250 g/mol. The number of likely N-dealkylation sites (N-methyl/N-ethyl adjacent to an activating group) is 1. The Morgan fingerprint density at radius 1 is 1.56 bits per heavy atom. The number of amides is 2. The van der Waals surface area contributed by atoms with E-state index in [4.69, 9.17) is 9.84 Å². The molecular weight excluding hydrogens is 236 g/mol. The summed E-state index contributed by atoms with van der Waals surface area (Å²) >= 11 is 0. The van der Waals surface area contributed by atoms with E-state index in [0.717, 1.165) is 10.5 Å². The van der Waals surface area contributed by atoms with Crippen LogP contribution in [0.25, 0.3) is 0 Å². The number of carbonyl (C=O) groups is 2. The molecule has 6 nitrogen and oxygen atoms in total. The van der Waals surface area contributed by atoms with Crippen molar-refractivity contribution in [2.24, 2.45) is 0 Å². The Bertz CT molecular complexity index is 501. The van der Waals surface area contributed by atoms with Crippen molar-refractivity contribution in [2.75, 3.05) is 19.0 Å². The number of aryl methyl sites for hydroxylation is 1. The summed E-state index contributed by atoms with van der Waals surface area (Å²) in [4.78, 5) is 23.7. The smallest absolute Gasteiger partial charge is 0.407 e. The Hall–Kier alpha value is -2.24. The predicted octanol–water partition coefficient (Wildman–Crippen LogP) is 1.30. The summed E-state index contributed by atoms with van der Waals surface area (Å²) < 4.78 is 5.50. The lowest BCUT2D eigenvalue weighted by atomic mass is 10.2. The molecule has 18 heavy (non-hydrogen) atoms. The van der Waals surface area contributed by atoms with Crippen LogP contribution in [-0.4, -0.2) is 41.7 Å². The van der Waals surface area contributed by atoms with Gasteiger partial charge in [0.1, 0.15) is 18.4 Å². The second kappa shape index (κ2) is 4.56. The maximum Gasteiger partial charge on any atom is 0.407 e. The highest BCUT2D eigenvalue weighted by atomic mass is 16.5. The van der Waals surface area contributed by atoms with Crippen LogP contribution >= 0.6 is 0 Å². The Kier molecular flexibility index (Phi) is 3.10. The SMILES string of the molecule is Cc1ccc2c(c1)OC[C@H](N(C)C(=O)O)C(=O)N2. The van der Waals surface area contributed by atoms with Gasteiger partial charge >= 0.3 is 6.09 Å². The number of hydrogen-bond acceptors (Lipinski definition) is 3. The third kappa shape index (κ3) is 2.22. The molecular formula is C12H14N2O4. The molecule has 1 aliphatic rings. The van der Waals surface area contributed by atoms with Crippen LogP contribution in [0.2, 0.25) is 0 Å². The van der Waals surface area contributed by atoms with Crippen molar-refractivity contribution in [3.8, 4) is 5.75 Å². The molecule has 0 saturated carbocycles. The molecule has 2 rings (SSSR count). The Morgan fingerprint density at radius 3 is 2.94 bits per heavy atom. The van der Waals surface area contributed by atoms with E-state index in [-0.39, 0.29) is 12.5 Å². The third-order valence-electron chi connectivity index (χ3n) is 2.86. The van der Waals surface area contributed by atoms with Crippen LogP contribution in [-0.2, 0) is 4.79 Å². The number of nitrogens with zero attached hydrogens (tertiary/aromatic N) is 1. The van der Waals surface area contributed by atoms with Crippen LogP contribution in [0.3, 0.4) is 0 Å². The molecule has 2 amide bonds. The lowest BCUT2D eigenvalue weighted by Crippen LogP contribution is -2.47. The van der Waals surface area contributed by atoms with Gasteiger partial charge in [0.05, 0.1) is 5.69 Å². The van der Waals surface area contributed by atoms with Gasteiger partial charge in [0, 0.05) is 7.05 Å². The topological polar surface area (TPSA) is 78.9 Å². The lowest BCUT2D eigenvalue weighted by Gasteiger charge is -2.21. The first kappa shape index (κ1) is 12.2. The number of carbonyl (C=O) groups excluding carboxylic acids is 1. The molecule has 6 heteroatoms. The molecule has 1 aromatic carbocycles. The van der Waals surface area contributed by atoms with E-state index >= 15 is 0 Å². The zero-order valence-corrected chi connectivity index (χ0v) is 10.1. The number of hydrogen-bond donors (Lipinski definition) is 2. The molecule has 0 unspecified atom stereocenters. The molecule has 1 aromatic rings. The van der Waals surface area contributed by atoms with Gasteiger partial charge in [-0.1, -0.05) is 6.07 Å². The number of nitrogens with one attached hydrogen (secondary N) is 1. The summed E-state index contributed by atoms with van der Waals surface area (Å²) in [6, 6.07) is 4.55. The summed E-state index contributed by atoms with van der Waals surface area (Å²) in [5, 5.41) is 11.6. The number of carboxylic acid groups (broad SMARTS) is 1. The molecule has 0 aliphatic carbocycles. The fourth-order valence-electron chi connectivity index (χ4n) is 1.73. The molecule has 0 fully saturated rings. The summed E-state index contributed by atoms with van der Waals surface area (Å²) in [6.07, 6.45) is -1.17. The molecule has 0 bridgehead atoms. The molecule has 0 spiro atoms. The highest BCUT2D eigenvalue weighted by Gasteiger charge is 2.30. The summed E-state index contributed by atoms with van der Waals surface area (Å²) in [5.41, 5.74) is 1.57. The fourth-order valence-corrected chi connectivity index (χ4v) is 1.73. The number of fused-ring (bicyclic) bond motifs is 1. The molecule has 1 aliphatic heterocycles. The van der Waals surface area contributed by atoms with Gasteiger partial charge in [-0.15, -0.1) is 0 Å². The van der Waals surface area contributed by atoms with Crippen molar-refractivity contribution in [3.63, 3.8) is 0 Å². The number of rotatable bonds is 1.